The average Bonchev–Trinajstić information content (AvgIpc) is 3.19. The maximum Gasteiger partial charge on any atom is 0.253 e. The lowest BCUT2D eigenvalue weighted by molar-refractivity contribution is -0.119. The number of carbonyl (C=O) groups is 1. The van der Waals surface area contributed by atoms with Crippen molar-refractivity contribution < 1.29 is 13.2 Å². The molecule has 1 unspecified atom stereocenters. The van der Waals surface area contributed by atoms with E-state index in [0.717, 1.165) is 10.6 Å². The Hall–Kier alpha value is -1.29. The van der Waals surface area contributed by atoms with E-state index in [2.05, 4.69) is 10.3 Å². The van der Waals surface area contributed by atoms with Crippen LogP contribution in [0.15, 0.2) is 21.7 Å². The van der Waals surface area contributed by atoms with Gasteiger partial charge in [-0.2, -0.15) is 4.31 Å². The second-order valence-electron chi connectivity index (χ2n) is 5.42. The van der Waals surface area contributed by atoms with Crippen molar-refractivity contribution in [2.75, 3.05) is 11.9 Å². The minimum absolute atomic E-state index is 0.291. The van der Waals surface area contributed by atoms with Crippen LogP contribution < -0.4 is 5.32 Å². The highest BCUT2D eigenvalue weighted by molar-refractivity contribution is 7.91. The van der Waals surface area contributed by atoms with Crippen LogP contribution in [-0.2, 0) is 14.8 Å². The first-order valence-corrected chi connectivity index (χ1v) is 10.3. The van der Waals surface area contributed by atoms with Crippen molar-refractivity contribution >= 4 is 43.7 Å². The van der Waals surface area contributed by atoms with Crippen molar-refractivity contribution in [2.24, 2.45) is 0 Å². The molecule has 1 aliphatic heterocycles. The number of nitrogens with one attached hydrogen (secondary N) is 1. The van der Waals surface area contributed by atoms with Crippen LogP contribution in [0.5, 0.6) is 0 Å². The number of amides is 1. The lowest BCUT2D eigenvalue weighted by Gasteiger charge is -2.22. The fourth-order valence-corrected chi connectivity index (χ4v) is 6.32. The van der Waals surface area contributed by atoms with Gasteiger partial charge in [-0.3, -0.25) is 4.79 Å². The van der Waals surface area contributed by atoms with E-state index >= 15 is 0 Å². The highest BCUT2D eigenvalue weighted by Gasteiger charge is 2.40. The Bertz CT molecular complexity index is 825. The minimum atomic E-state index is -3.63. The van der Waals surface area contributed by atoms with Crippen LogP contribution in [0.4, 0.5) is 5.13 Å². The van der Waals surface area contributed by atoms with Gasteiger partial charge in [0.1, 0.15) is 10.3 Å². The number of hydrogen-bond donors (Lipinski definition) is 1. The summed E-state index contributed by atoms with van der Waals surface area (Å²) in [6.07, 6.45) is 1.21. The summed E-state index contributed by atoms with van der Waals surface area (Å²) in [6, 6.07) is 2.71. The van der Waals surface area contributed by atoms with Crippen molar-refractivity contribution in [3.05, 3.63) is 28.1 Å². The van der Waals surface area contributed by atoms with Gasteiger partial charge in [-0.1, -0.05) is 0 Å². The summed E-state index contributed by atoms with van der Waals surface area (Å²) < 4.78 is 27.1. The van der Waals surface area contributed by atoms with Gasteiger partial charge in [-0.05, 0) is 38.8 Å². The number of rotatable bonds is 4. The van der Waals surface area contributed by atoms with E-state index in [1.165, 1.54) is 27.0 Å². The quantitative estimate of drug-likeness (QED) is 0.896. The van der Waals surface area contributed by atoms with E-state index in [9.17, 15) is 13.2 Å². The molecule has 9 heteroatoms. The van der Waals surface area contributed by atoms with Crippen molar-refractivity contribution in [3.8, 4) is 0 Å². The molecule has 6 nitrogen and oxygen atoms in total. The molecule has 1 amide bonds. The molecule has 124 valence electrons. The Morgan fingerprint density at radius 3 is 2.78 bits per heavy atom. The summed E-state index contributed by atoms with van der Waals surface area (Å²) >= 11 is 2.57. The topological polar surface area (TPSA) is 79.4 Å². The first kappa shape index (κ1) is 16.6. The molecule has 2 aromatic heterocycles. The molecule has 0 bridgehead atoms. The fourth-order valence-electron chi connectivity index (χ4n) is 2.56. The second kappa shape index (κ2) is 6.31. The highest BCUT2D eigenvalue weighted by atomic mass is 32.2. The Morgan fingerprint density at radius 1 is 1.39 bits per heavy atom. The van der Waals surface area contributed by atoms with E-state index in [0.29, 0.717) is 28.7 Å². The Kier molecular flexibility index (Phi) is 4.54. The summed E-state index contributed by atoms with van der Waals surface area (Å²) in [7, 11) is -3.63. The van der Waals surface area contributed by atoms with Gasteiger partial charge < -0.3 is 5.32 Å². The number of aromatic nitrogens is 1. The normalized spacial score (nSPS) is 19.1. The molecule has 3 heterocycles. The van der Waals surface area contributed by atoms with Gasteiger partial charge in [0.05, 0.1) is 5.69 Å². The lowest BCUT2D eigenvalue weighted by atomic mass is 10.2. The van der Waals surface area contributed by atoms with E-state index in [1.54, 1.807) is 12.1 Å². The molecular weight excluding hydrogens is 354 g/mol. The Labute approximate surface area is 143 Å². The highest BCUT2D eigenvalue weighted by Crippen LogP contribution is 2.30. The lowest BCUT2D eigenvalue weighted by Crippen LogP contribution is -2.42. The van der Waals surface area contributed by atoms with Gasteiger partial charge in [-0.15, -0.1) is 22.7 Å². The third-order valence-electron chi connectivity index (χ3n) is 3.63. The molecule has 0 spiro atoms. The van der Waals surface area contributed by atoms with E-state index in [1.807, 2.05) is 19.2 Å². The number of thiophene rings is 1. The van der Waals surface area contributed by atoms with Crippen molar-refractivity contribution in [3.63, 3.8) is 0 Å². The maximum atomic E-state index is 12.8. The van der Waals surface area contributed by atoms with Crippen molar-refractivity contribution in [2.45, 2.75) is 36.9 Å². The number of hydrogen-bond acceptors (Lipinski definition) is 6. The number of sulfonamides is 1. The molecular formula is C14H17N3O3S3. The molecule has 2 aromatic rings. The molecule has 1 saturated heterocycles. The molecule has 0 saturated carbocycles. The predicted molar refractivity (Wildman–Crippen MR) is 91.5 cm³/mol. The van der Waals surface area contributed by atoms with Gasteiger partial charge in [0.15, 0.2) is 5.13 Å². The van der Waals surface area contributed by atoms with Gasteiger partial charge >= 0.3 is 0 Å². The molecule has 1 N–H and O–H groups in total. The molecule has 1 atom stereocenters. The summed E-state index contributed by atoms with van der Waals surface area (Å²) in [4.78, 5) is 17.6. The first-order valence-electron chi connectivity index (χ1n) is 7.19. The van der Waals surface area contributed by atoms with Gasteiger partial charge in [0.25, 0.3) is 10.0 Å². The zero-order valence-corrected chi connectivity index (χ0v) is 15.2. The van der Waals surface area contributed by atoms with Gasteiger partial charge in [0, 0.05) is 16.8 Å². The number of aryl methyl sites for hydroxylation is 2. The largest absolute Gasteiger partial charge is 0.301 e. The van der Waals surface area contributed by atoms with Gasteiger partial charge in [0.2, 0.25) is 5.91 Å². The van der Waals surface area contributed by atoms with Crippen molar-refractivity contribution in [1.82, 2.24) is 9.29 Å². The third kappa shape index (κ3) is 3.32. The molecule has 3 rings (SSSR count). The van der Waals surface area contributed by atoms with E-state index in [-0.39, 0.29) is 5.91 Å². The number of anilines is 1. The SMILES string of the molecule is Cc1csc(NC(=O)C2CCCN2S(=O)(=O)c2ccc(C)s2)n1. The smallest absolute Gasteiger partial charge is 0.253 e. The van der Waals surface area contributed by atoms with E-state index in [4.69, 9.17) is 0 Å². The van der Waals surface area contributed by atoms with Crippen LogP contribution in [0, 0.1) is 13.8 Å². The molecule has 1 fully saturated rings. The zero-order valence-electron chi connectivity index (χ0n) is 12.8. The summed E-state index contributed by atoms with van der Waals surface area (Å²) in [5.74, 6) is -0.311. The maximum absolute atomic E-state index is 12.8. The number of carbonyl (C=O) groups excluding carboxylic acids is 1. The molecule has 1 aliphatic rings. The average molecular weight is 372 g/mol. The standard InChI is InChI=1S/C14H17N3O3S3/c1-9-8-21-14(15-9)16-13(18)11-4-3-7-17(11)23(19,20)12-6-5-10(2)22-12/h5-6,8,11H,3-4,7H2,1-2H3,(H,15,16,18). The summed E-state index contributed by atoms with van der Waals surface area (Å²) in [6.45, 7) is 4.08. The minimum Gasteiger partial charge on any atom is -0.301 e. The summed E-state index contributed by atoms with van der Waals surface area (Å²) in [5, 5.41) is 5.07. The first-order chi connectivity index (χ1) is 10.9. The van der Waals surface area contributed by atoms with Crippen LogP contribution >= 0.6 is 22.7 Å². The molecule has 23 heavy (non-hydrogen) atoms. The van der Waals surface area contributed by atoms with Crippen LogP contribution in [-0.4, -0.2) is 36.2 Å². The van der Waals surface area contributed by atoms with Crippen LogP contribution in [0.25, 0.3) is 0 Å². The Morgan fingerprint density at radius 2 is 2.17 bits per heavy atom. The van der Waals surface area contributed by atoms with Gasteiger partial charge in [-0.25, -0.2) is 13.4 Å². The van der Waals surface area contributed by atoms with Crippen LogP contribution in [0.2, 0.25) is 0 Å². The Balaban J connectivity index is 1.81. The summed E-state index contributed by atoms with van der Waals surface area (Å²) in [5.41, 5.74) is 0.829. The third-order valence-corrected chi connectivity index (χ3v) is 7.89. The zero-order chi connectivity index (χ0) is 16.6. The number of nitrogens with zero attached hydrogens (tertiary/aromatic N) is 2. The van der Waals surface area contributed by atoms with E-state index < -0.39 is 16.1 Å². The van der Waals surface area contributed by atoms with Crippen molar-refractivity contribution in [1.29, 1.82) is 0 Å². The molecule has 0 aromatic carbocycles. The number of thiazole rings is 1. The van der Waals surface area contributed by atoms with Crippen LogP contribution in [0.1, 0.15) is 23.4 Å². The molecule has 0 radical (unpaired) electrons. The monoisotopic (exact) mass is 371 g/mol. The predicted octanol–water partition coefficient (Wildman–Crippen LogP) is 2.61. The molecule has 0 aliphatic carbocycles. The second-order valence-corrected chi connectivity index (χ2v) is 9.69. The van der Waals surface area contributed by atoms with Crippen LogP contribution in [0.3, 0.4) is 0 Å². The fraction of sp³-hybridized carbons (Fsp3) is 0.429.